The van der Waals surface area contributed by atoms with Crippen LogP contribution in [0.5, 0.6) is 0 Å². The molecular weight excluding hydrogens is 403 g/mol. The van der Waals surface area contributed by atoms with Crippen molar-refractivity contribution < 1.29 is 9.90 Å². The van der Waals surface area contributed by atoms with Gasteiger partial charge >= 0.3 is 6.09 Å². The second-order valence-corrected chi connectivity index (χ2v) is 6.33. The topological polar surface area (TPSA) is 53.4 Å². The molecule has 3 rings (SSSR count). The third-order valence-electron chi connectivity index (χ3n) is 3.25. The molecule has 0 spiro atoms. The van der Waals surface area contributed by atoms with Gasteiger partial charge in [0.1, 0.15) is 5.69 Å². The first kappa shape index (κ1) is 16.1. The molecule has 116 valence electrons. The number of hydrogen-bond acceptors (Lipinski definition) is 2. The Morgan fingerprint density at radius 1 is 1.13 bits per heavy atom. The van der Waals surface area contributed by atoms with Crippen molar-refractivity contribution in [1.82, 2.24) is 4.98 Å². The quantitative estimate of drug-likeness (QED) is 0.516. The maximum atomic E-state index is 11.8. The van der Waals surface area contributed by atoms with Crippen LogP contribution in [0.25, 0.3) is 10.9 Å². The van der Waals surface area contributed by atoms with E-state index in [1.165, 1.54) is 0 Å². The van der Waals surface area contributed by atoms with Gasteiger partial charge in [-0.25, -0.2) is 14.7 Å². The van der Waals surface area contributed by atoms with Gasteiger partial charge in [-0.15, -0.1) is 0 Å². The van der Waals surface area contributed by atoms with E-state index in [9.17, 15) is 9.90 Å². The highest BCUT2D eigenvalue weighted by Crippen LogP contribution is 2.41. The van der Waals surface area contributed by atoms with E-state index in [1.54, 1.807) is 42.5 Å². The minimum atomic E-state index is -1.20. The molecule has 23 heavy (non-hydrogen) atoms. The molecule has 1 N–H and O–H groups in total. The Kier molecular flexibility index (Phi) is 4.43. The van der Waals surface area contributed by atoms with Crippen LogP contribution < -0.4 is 4.90 Å². The highest BCUT2D eigenvalue weighted by Gasteiger charge is 2.25. The molecule has 3 aromatic rings. The van der Waals surface area contributed by atoms with Crippen molar-refractivity contribution in [2.24, 2.45) is 0 Å². The van der Waals surface area contributed by atoms with Crippen LogP contribution in [-0.2, 0) is 0 Å². The average molecular weight is 412 g/mol. The van der Waals surface area contributed by atoms with Crippen LogP contribution in [-0.4, -0.2) is 16.2 Å². The van der Waals surface area contributed by atoms with E-state index < -0.39 is 6.09 Å². The Balaban J connectivity index is 2.30. The average Bonchev–Trinajstić information content (AvgIpc) is 2.52. The van der Waals surface area contributed by atoms with Crippen LogP contribution in [0.1, 0.15) is 0 Å². The number of anilines is 2. The van der Waals surface area contributed by atoms with Gasteiger partial charge in [-0.05, 0) is 30.3 Å². The van der Waals surface area contributed by atoms with E-state index in [-0.39, 0.29) is 15.9 Å². The third kappa shape index (κ3) is 3.00. The number of amides is 1. The number of carbonyl (C=O) groups is 1. The van der Waals surface area contributed by atoms with E-state index in [4.69, 9.17) is 23.2 Å². The van der Waals surface area contributed by atoms with Crippen molar-refractivity contribution >= 4 is 67.5 Å². The maximum Gasteiger partial charge on any atom is 0.416 e. The first-order chi connectivity index (χ1) is 11.0. The number of para-hydroxylation sites is 1. The highest BCUT2D eigenvalue weighted by atomic mass is 79.9. The van der Waals surface area contributed by atoms with Crippen molar-refractivity contribution in [3.05, 3.63) is 63.2 Å². The number of nitrogens with zero attached hydrogens (tertiary/aromatic N) is 2. The van der Waals surface area contributed by atoms with Gasteiger partial charge in [0.05, 0.1) is 16.2 Å². The number of halogens is 3. The summed E-state index contributed by atoms with van der Waals surface area (Å²) in [5.74, 6) is 0. The SMILES string of the molecule is O=C(O)N(c1ccccc1)c1c(Cl)nc2ccc(Br)cc2c1Cl. The van der Waals surface area contributed by atoms with E-state index in [1.807, 2.05) is 6.07 Å². The van der Waals surface area contributed by atoms with E-state index in [0.29, 0.717) is 16.6 Å². The van der Waals surface area contributed by atoms with Crippen LogP contribution in [0.3, 0.4) is 0 Å². The molecule has 1 heterocycles. The zero-order chi connectivity index (χ0) is 16.6. The Morgan fingerprint density at radius 3 is 2.48 bits per heavy atom. The molecule has 4 nitrogen and oxygen atoms in total. The maximum absolute atomic E-state index is 11.8. The predicted octanol–water partition coefficient (Wildman–Crippen LogP) is 6.12. The van der Waals surface area contributed by atoms with E-state index in [0.717, 1.165) is 9.37 Å². The standard InChI is InChI=1S/C16H9BrCl2N2O2/c17-9-6-7-12-11(8-9)13(18)14(15(19)20-12)21(16(22)23)10-4-2-1-3-5-10/h1-8H,(H,22,23). The lowest BCUT2D eigenvalue weighted by Crippen LogP contribution is -2.24. The number of rotatable bonds is 2. The Hall–Kier alpha value is -1.82. The van der Waals surface area contributed by atoms with Crippen molar-refractivity contribution in [1.29, 1.82) is 0 Å². The molecule has 0 unspecified atom stereocenters. The van der Waals surface area contributed by atoms with Gasteiger partial charge in [0.25, 0.3) is 0 Å². The summed E-state index contributed by atoms with van der Waals surface area (Å²) >= 11 is 16.1. The van der Waals surface area contributed by atoms with Crippen LogP contribution in [0.2, 0.25) is 10.2 Å². The molecule has 0 bridgehead atoms. The van der Waals surface area contributed by atoms with Crippen molar-refractivity contribution in [3.8, 4) is 0 Å². The zero-order valence-electron chi connectivity index (χ0n) is 11.5. The fourth-order valence-corrected chi connectivity index (χ4v) is 3.27. The molecule has 0 aliphatic rings. The summed E-state index contributed by atoms with van der Waals surface area (Å²) in [4.78, 5) is 17.1. The van der Waals surface area contributed by atoms with Gasteiger partial charge in [0, 0.05) is 9.86 Å². The lowest BCUT2D eigenvalue weighted by molar-refractivity contribution is 0.205. The number of benzene rings is 2. The molecule has 0 aliphatic heterocycles. The van der Waals surface area contributed by atoms with Crippen LogP contribution in [0.15, 0.2) is 53.0 Å². The smallest absolute Gasteiger partial charge is 0.416 e. The van der Waals surface area contributed by atoms with Crippen LogP contribution in [0.4, 0.5) is 16.2 Å². The third-order valence-corrected chi connectivity index (χ3v) is 4.39. The second kappa shape index (κ2) is 6.35. The van der Waals surface area contributed by atoms with Crippen molar-refractivity contribution in [2.45, 2.75) is 0 Å². The minimum absolute atomic E-state index is 0.0241. The first-order valence-electron chi connectivity index (χ1n) is 6.51. The lowest BCUT2D eigenvalue weighted by Gasteiger charge is -2.22. The number of carboxylic acid groups (broad SMARTS) is 1. The monoisotopic (exact) mass is 410 g/mol. The molecule has 0 radical (unpaired) electrons. The largest absolute Gasteiger partial charge is 0.464 e. The Labute approximate surface area is 150 Å². The summed E-state index contributed by atoms with van der Waals surface area (Å²) in [5.41, 5.74) is 1.16. The zero-order valence-corrected chi connectivity index (χ0v) is 14.6. The van der Waals surface area contributed by atoms with E-state index in [2.05, 4.69) is 20.9 Å². The molecule has 0 atom stereocenters. The first-order valence-corrected chi connectivity index (χ1v) is 8.06. The molecule has 0 saturated carbocycles. The van der Waals surface area contributed by atoms with E-state index >= 15 is 0 Å². The highest BCUT2D eigenvalue weighted by molar-refractivity contribution is 9.10. The molecule has 1 amide bonds. The number of pyridine rings is 1. The fourth-order valence-electron chi connectivity index (χ4n) is 2.26. The number of hydrogen-bond donors (Lipinski definition) is 1. The molecule has 2 aromatic carbocycles. The molecule has 7 heteroatoms. The predicted molar refractivity (Wildman–Crippen MR) is 96.1 cm³/mol. The molecule has 0 aliphatic carbocycles. The fraction of sp³-hybridized carbons (Fsp3) is 0. The van der Waals surface area contributed by atoms with Crippen LogP contribution in [0, 0.1) is 0 Å². The van der Waals surface area contributed by atoms with Gasteiger partial charge in [0.15, 0.2) is 5.15 Å². The van der Waals surface area contributed by atoms with Crippen molar-refractivity contribution in [3.63, 3.8) is 0 Å². The summed E-state index contributed by atoms with van der Waals surface area (Å²) in [5, 5.41) is 10.5. The second-order valence-electron chi connectivity index (χ2n) is 4.68. The van der Waals surface area contributed by atoms with Gasteiger partial charge in [-0.2, -0.15) is 0 Å². The summed E-state index contributed by atoms with van der Waals surface area (Å²) in [6, 6.07) is 13.9. The van der Waals surface area contributed by atoms with Gasteiger partial charge in [0.2, 0.25) is 0 Å². The summed E-state index contributed by atoms with van der Waals surface area (Å²) in [6.07, 6.45) is -1.20. The Bertz CT molecular complexity index is 903. The Morgan fingerprint density at radius 2 is 1.83 bits per heavy atom. The molecule has 0 saturated heterocycles. The summed E-state index contributed by atoms with van der Waals surface area (Å²) < 4.78 is 0.809. The lowest BCUT2D eigenvalue weighted by atomic mass is 10.2. The minimum Gasteiger partial charge on any atom is -0.464 e. The number of aromatic nitrogens is 1. The van der Waals surface area contributed by atoms with Gasteiger partial charge in [-0.1, -0.05) is 57.3 Å². The van der Waals surface area contributed by atoms with Gasteiger partial charge in [-0.3, -0.25) is 0 Å². The summed E-state index contributed by atoms with van der Waals surface area (Å²) in [7, 11) is 0. The molecule has 1 aromatic heterocycles. The normalized spacial score (nSPS) is 10.7. The van der Waals surface area contributed by atoms with Crippen molar-refractivity contribution in [2.75, 3.05) is 4.90 Å². The number of fused-ring (bicyclic) bond motifs is 1. The van der Waals surface area contributed by atoms with Gasteiger partial charge < -0.3 is 5.11 Å². The summed E-state index contributed by atoms with van der Waals surface area (Å²) in [6.45, 7) is 0. The molecule has 0 fully saturated rings. The molecular formula is C16H9BrCl2N2O2. The van der Waals surface area contributed by atoms with Crippen LogP contribution >= 0.6 is 39.1 Å².